The highest BCUT2D eigenvalue weighted by Crippen LogP contribution is 2.25. The van der Waals surface area contributed by atoms with Gasteiger partial charge in [-0.1, -0.05) is 25.5 Å². The van der Waals surface area contributed by atoms with Crippen LogP contribution in [0.5, 0.6) is 0 Å². The predicted octanol–water partition coefficient (Wildman–Crippen LogP) is 3.41. The van der Waals surface area contributed by atoms with Crippen LogP contribution in [0, 0.1) is 5.82 Å². The summed E-state index contributed by atoms with van der Waals surface area (Å²) in [6, 6.07) is 9.69. The van der Waals surface area contributed by atoms with E-state index in [2.05, 4.69) is 5.32 Å². The summed E-state index contributed by atoms with van der Waals surface area (Å²) in [6.07, 6.45) is 0.316. The molecular weight excluding hydrogens is 391 g/mol. The molecule has 0 radical (unpaired) electrons. The van der Waals surface area contributed by atoms with Crippen molar-refractivity contribution in [2.24, 2.45) is 0 Å². The first kappa shape index (κ1) is 21.2. The van der Waals surface area contributed by atoms with Gasteiger partial charge in [-0.3, -0.25) is 19.3 Å². The van der Waals surface area contributed by atoms with Gasteiger partial charge in [0.2, 0.25) is 0 Å². The quantitative estimate of drug-likeness (QED) is 0.556. The number of para-hydroxylation sites is 1. The van der Waals surface area contributed by atoms with Gasteiger partial charge < -0.3 is 10.1 Å². The highest BCUT2D eigenvalue weighted by molar-refractivity contribution is 6.22. The summed E-state index contributed by atoms with van der Waals surface area (Å²) in [5, 5.41) is 2.35. The highest BCUT2D eigenvalue weighted by atomic mass is 19.1. The first-order chi connectivity index (χ1) is 14.3. The Bertz CT molecular complexity index is 1020. The van der Waals surface area contributed by atoms with Gasteiger partial charge in [-0.2, -0.15) is 0 Å². The summed E-state index contributed by atoms with van der Waals surface area (Å²) >= 11 is 0. The molecule has 3 rings (SSSR count). The molecule has 0 aromatic heterocycles. The Morgan fingerprint density at radius 3 is 2.50 bits per heavy atom. The Hall–Kier alpha value is -3.55. The number of benzene rings is 2. The molecule has 0 saturated carbocycles. The van der Waals surface area contributed by atoms with E-state index in [9.17, 15) is 23.6 Å². The number of ether oxygens (including phenoxy) is 1. The monoisotopic (exact) mass is 412 g/mol. The number of hydrogen-bond donors (Lipinski definition) is 1. The average molecular weight is 412 g/mol. The second-order valence-electron chi connectivity index (χ2n) is 6.89. The minimum atomic E-state index is -1.20. The third-order valence-corrected chi connectivity index (χ3v) is 4.73. The van der Waals surface area contributed by atoms with Gasteiger partial charge in [-0.25, -0.2) is 9.18 Å². The van der Waals surface area contributed by atoms with Crippen LogP contribution in [0.3, 0.4) is 0 Å². The largest absolute Gasteiger partial charge is 0.449 e. The number of nitrogens with zero attached hydrogens (tertiary/aromatic N) is 1. The summed E-state index contributed by atoms with van der Waals surface area (Å²) in [4.78, 5) is 50.7. The molecule has 1 aliphatic heterocycles. The van der Waals surface area contributed by atoms with E-state index in [0.717, 1.165) is 11.3 Å². The molecule has 0 aliphatic carbocycles. The van der Waals surface area contributed by atoms with Gasteiger partial charge in [0.25, 0.3) is 17.7 Å². The molecule has 0 spiro atoms. The van der Waals surface area contributed by atoms with Crippen molar-refractivity contribution >= 4 is 29.4 Å². The second kappa shape index (κ2) is 8.86. The second-order valence-corrected chi connectivity index (χ2v) is 6.89. The van der Waals surface area contributed by atoms with Gasteiger partial charge in [0.15, 0.2) is 6.10 Å². The lowest BCUT2D eigenvalue weighted by atomic mass is 10.1. The van der Waals surface area contributed by atoms with Crippen LogP contribution in [0.1, 0.15) is 57.8 Å². The molecule has 0 fully saturated rings. The van der Waals surface area contributed by atoms with Crippen molar-refractivity contribution in [3.8, 4) is 0 Å². The van der Waals surface area contributed by atoms with Gasteiger partial charge in [-0.05, 0) is 43.7 Å². The molecule has 1 heterocycles. The molecule has 0 saturated heterocycles. The number of unbranched alkanes of at least 4 members (excludes halogenated alkanes) is 1. The van der Waals surface area contributed by atoms with Crippen molar-refractivity contribution in [1.29, 1.82) is 0 Å². The first-order valence-corrected chi connectivity index (χ1v) is 9.60. The van der Waals surface area contributed by atoms with E-state index in [1.54, 1.807) is 6.07 Å². The summed E-state index contributed by atoms with van der Waals surface area (Å²) in [7, 11) is 0. The normalized spacial score (nSPS) is 13.8. The van der Waals surface area contributed by atoms with Crippen LogP contribution in [-0.4, -0.2) is 41.2 Å². The maximum Gasteiger partial charge on any atom is 0.338 e. The fraction of sp³-hybridized carbons (Fsp3) is 0.273. The van der Waals surface area contributed by atoms with Crippen molar-refractivity contribution in [2.45, 2.75) is 32.8 Å². The number of fused-ring (bicyclic) bond motifs is 1. The average Bonchev–Trinajstić information content (AvgIpc) is 2.97. The minimum Gasteiger partial charge on any atom is -0.449 e. The van der Waals surface area contributed by atoms with Crippen LogP contribution >= 0.6 is 0 Å². The lowest BCUT2D eigenvalue weighted by Gasteiger charge is -2.14. The zero-order chi connectivity index (χ0) is 21.8. The Morgan fingerprint density at radius 2 is 1.80 bits per heavy atom. The summed E-state index contributed by atoms with van der Waals surface area (Å²) < 4.78 is 18.8. The van der Waals surface area contributed by atoms with Crippen molar-refractivity contribution in [2.75, 3.05) is 11.9 Å². The van der Waals surface area contributed by atoms with E-state index in [1.807, 2.05) is 6.92 Å². The standard InChI is InChI=1S/C22H21FN2O5/c1-3-4-11-25-20(27)15-10-9-14(12-16(15)21(25)28)22(29)30-13(2)19(26)24-18-8-6-5-7-17(18)23/h5-10,12-13H,3-4,11H2,1-2H3,(H,24,26)/t13-/m0/s1. The van der Waals surface area contributed by atoms with Gasteiger partial charge in [-0.15, -0.1) is 0 Å². The van der Waals surface area contributed by atoms with Crippen molar-refractivity contribution in [3.05, 3.63) is 65.0 Å². The maximum absolute atomic E-state index is 13.7. The van der Waals surface area contributed by atoms with Crippen LogP contribution in [0.15, 0.2) is 42.5 Å². The van der Waals surface area contributed by atoms with E-state index >= 15 is 0 Å². The molecule has 2 aromatic rings. The van der Waals surface area contributed by atoms with Crippen LogP contribution in [0.2, 0.25) is 0 Å². The van der Waals surface area contributed by atoms with Crippen molar-refractivity contribution < 1.29 is 28.3 Å². The van der Waals surface area contributed by atoms with E-state index < -0.39 is 29.7 Å². The number of nitrogens with one attached hydrogen (secondary N) is 1. The Balaban J connectivity index is 1.69. The first-order valence-electron chi connectivity index (χ1n) is 9.60. The number of hydrogen-bond acceptors (Lipinski definition) is 5. The molecule has 156 valence electrons. The van der Waals surface area contributed by atoms with Gasteiger partial charge in [0, 0.05) is 6.54 Å². The van der Waals surface area contributed by atoms with E-state index in [4.69, 9.17) is 4.74 Å². The number of amides is 3. The summed E-state index contributed by atoms with van der Waals surface area (Å²) in [5.41, 5.74) is 0.379. The lowest BCUT2D eigenvalue weighted by Crippen LogP contribution is -2.30. The molecule has 0 bridgehead atoms. The zero-order valence-electron chi connectivity index (χ0n) is 16.6. The Kier molecular flexibility index (Phi) is 6.25. The molecule has 1 aliphatic rings. The zero-order valence-corrected chi connectivity index (χ0v) is 16.6. The lowest BCUT2D eigenvalue weighted by molar-refractivity contribution is -0.123. The third-order valence-electron chi connectivity index (χ3n) is 4.73. The van der Waals surface area contributed by atoms with Crippen molar-refractivity contribution in [3.63, 3.8) is 0 Å². The molecule has 3 amide bonds. The third kappa shape index (κ3) is 4.22. The molecule has 1 N–H and O–H groups in total. The Labute approximate surface area is 172 Å². The maximum atomic E-state index is 13.7. The smallest absolute Gasteiger partial charge is 0.338 e. The SMILES string of the molecule is CCCCN1C(=O)c2ccc(C(=O)O[C@@H](C)C(=O)Nc3ccccc3F)cc2C1=O. The van der Waals surface area contributed by atoms with E-state index in [-0.39, 0.29) is 28.3 Å². The number of esters is 1. The number of halogens is 1. The van der Waals surface area contributed by atoms with Crippen LogP contribution < -0.4 is 5.32 Å². The summed E-state index contributed by atoms with van der Waals surface area (Å²) in [5.74, 6) is -2.99. The number of rotatable bonds is 7. The van der Waals surface area contributed by atoms with Crippen molar-refractivity contribution in [1.82, 2.24) is 4.90 Å². The molecule has 30 heavy (non-hydrogen) atoms. The fourth-order valence-corrected chi connectivity index (χ4v) is 3.02. The topological polar surface area (TPSA) is 92.8 Å². The van der Waals surface area contributed by atoms with Gasteiger partial charge in [0.1, 0.15) is 5.82 Å². The molecule has 1 atom stereocenters. The van der Waals surface area contributed by atoms with Crippen LogP contribution in [-0.2, 0) is 9.53 Å². The number of carbonyl (C=O) groups excluding carboxylic acids is 4. The molecular formula is C22H21FN2O5. The Morgan fingerprint density at radius 1 is 1.10 bits per heavy atom. The predicted molar refractivity (Wildman–Crippen MR) is 107 cm³/mol. The molecule has 7 nitrogen and oxygen atoms in total. The molecule has 0 unspecified atom stereocenters. The number of anilines is 1. The number of carbonyl (C=O) groups is 4. The van der Waals surface area contributed by atoms with Gasteiger partial charge >= 0.3 is 5.97 Å². The molecule has 8 heteroatoms. The minimum absolute atomic E-state index is 0.0285. The van der Waals surface area contributed by atoms with Gasteiger partial charge in [0.05, 0.1) is 22.4 Å². The van der Waals surface area contributed by atoms with Crippen LogP contribution in [0.4, 0.5) is 10.1 Å². The number of imide groups is 1. The summed E-state index contributed by atoms with van der Waals surface area (Å²) in [6.45, 7) is 3.62. The highest BCUT2D eigenvalue weighted by Gasteiger charge is 2.35. The fourth-order valence-electron chi connectivity index (χ4n) is 3.02. The van der Waals surface area contributed by atoms with Crippen LogP contribution in [0.25, 0.3) is 0 Å². The molecule has 2 aromatic carbocycles. The van der Waals surface area contributed by atoms with E-state index in [1.165, 1.54) is 43.3 Å². The van der Waals surface area contributed by atoms with E-state index in [0.29, 0.717) is 13.0 Å².